The molecular formula is C40H47F2N3O5. The van der Waals surface area contributed by atoms with Crippen LogP contribution in [0.5, 0.6) is 5.75 Å². The van der Waals surface area contributed by atoms with Gasteiger partial charge in [-0.15, -0.1) is 13.2 Å². The van der Waals surface area contributed by atoms with Gasteiger partial charge in [-0.25, -0.2) is 18.6 Å². The van der Waals surface area contributed by atoms with E-state index >= 15 is 4.39 Å². The lowest BCUT2D eigenvalue weighted by molar-refractivity contribution is -0.160. The van der Waals surface area contributed by atoms with Gasteiger partial charge in [0.25, 0.3) is 0 Å². The Labute approximate surface area is 293 Å². The first-order valence-electron chi connectivity index (χ1n) is 16.9. The number of hydrogen-bond donors (Lipinski definition) is 1. The van der Waals surface area contributed by atoms with Crippen LogP contribution in [0, 0.1) is 18.6 Å². The van der Waals surface area contributed by atoms with E-state index in [0.29, 0.717) is 60.0 Å². The van der Waals surface area contributed by atoms with Gasteiger partial charge in [-0.3, -0.25) is 4.40 Å². The summed E-state index contributed by atoms with van der Waals surface area (Å²) in [5.74, 6) is -1.78. The lowest BCUT2D eigenvalue weighted by atomic mass is 9.92. The molecule has 0 radical (unpaired) electrons. The van der Waals surface area contributed by atoms with Gasteiger partial charge in [-0.2, -0.15) is 0 Å². The Hall–Kier alpha value is -4.54. The first kappa shape index (κ1) is 36.7. The number of piperidine rings is 1. The topological polar surface area (TPSA) is 85.5 Å². The standard InChI is InChI=1S/C40H47F2N3O5/c1-9-12-26(4)49-32-23-29(41)22-30(42)35(32)28-14-11-13-27(21-28)31-24-45-33(43-31)20-25(3)34(36(38(46)47)50-39(5,6)7)37(45)44-17-15-40(8,16-18-44)48-19-10-2/h9-11,13-14,20-24,26,36H,1-2,12,15-19H2,3-8H3,(H,46,47)/t26-,36?/m0/s1. The number of pyridine rings is 1. The number of ether oxygens (including phenoxy) is 3. The maximum atomic E-state index is 15.4. The minimum Gasteiger partial charge on any atom is -0.490 e. The molecule has 10 heteroatoms. The van der Waals surface area contributed by atoms with E-state index in [1.165, 1.54) is 6.07 Å². The van der Waals surface area contributed by atoms with Crippen LogP contribution in [0.3, 0.4) is 0 Å². The van der Waals surface area contributed by atoms with E-state index in [9.17, 15) is 14.3 Å². The Morgan fingerprint density at radius 2 is 1.80 bits per heavy atom. The van der Waals surface area contributed by atoms with Crippen LogP contribution in [-0.2, 0) is 14.3 Å². The van der Waals surface area contributed by atoms with Crippen LogP contribution in [0.1, 0.15) is 71.1 Å². The molecule has 0 saturated carbocycles. The maximum absolute atomic E-state index is 15.4. The summed E-state index contributed by atoms with van der Waals surface area (Å²) in [5.41, 5.74) is 2.75. The average molecular weight is 688 g/mol. The first-order chi connectivity index (χ1) is 23.6. The summed E-state index contributed by atoms with van der Waals surface area (Å²) in [6.07, 6.45) is 5.66. The number of imidazole rings is 1. The highest BCUT2D eigenvalue weighted by molar-refractivity contribution is 5.80. The Kier molecular flexibility index (Phi) is 10.8. The number of hydrogen-bond acceptors (Lipinski definition) is 6. The van der Waals surface area contributed by atoms with Crippen molar-refractivity contribution in [1.82, 2.24) is 9.38 Å². The minimum atomic E-state index is -1.24. The second-order valence-electron chi connectivity index (χ2n) is 14.2. The van der Waals surface area contributed by atoms with Crippen molar-refractivity contribution in [3.63, 3.8) is 0 Å². The number of carboxylic acids is 1. The summed E-state index contributed by atoms with van der Waals surface area (Å²) in [6, 6.07) is 11.1. The number of carbonyl (C=O) groups is 1. The molecule has 2 aromatic carbocycles. The average Bonchev–Trinajstić information content (AvgIpc) is 3.46. The summed E-state index contributed by atoms with van der Waals surface area (Å²) < 4.78 is 50.0. The Morgan fingerprint density at radius 1 is 1.10 bits per heavy atom. The molecule has 8 nitrogen and oxygen atoms in total. The Bertz CT molecular complexity index is 1890. The van der Waals surface area contributed by atoms with Crippen molar-refractivity contribution in [3.8, 4) is 28.1 Å². The quantitative estimate of drug-likeness (QED) is 0.140. The number of fused-ring (bicyclic) bond motifs is 1. The van der Waals surface area contributed by atoms with E-state index in [1.807, 2.05) is 57.3 Å². The smallest absolute Gasteiger partial charge is 0.337 e. The molecule has 2 atom stereocenters. The van der Waals surface area contributed by atoms with Gasteiger partial charge in [0, 0.05) is 49.0 Å². The summed E-state index contributed by atoms with van der Waals surface area (Å²) in [7, 11) is 0. The molecule has 1 aliphatic rings. The third-order valence-corrected chi connectivity index (χ3v) is 8.89. The molecule has 1 aliphatic heterocycles. The maximum Gasteiger partial charge on any atom is 0.337 e. The third-order valence-electron chi connectivity index (χ3n) is 8.89. The van der Waals surface area contributed by atoms with Crippen molar-refractivity contribution in [2.45, 2.75) is 84.2 Å². The number of carboxylic acid groups (broad SMARTS) is 1. The molecule has 1 fully saturated rings. The van der Waals surface area contributed by atoms with Crippen LogP contribution in [-0.4, -0.2) is 57.5 Å². The molecule has 1 saturated heterocycles. The second-order valence-corrected chi connectivity index (χ2v) is 14.2. The highest BCUT2D eigenvalue weighted by Crippen LogP contribution is 2.40. The van der Waals surface area contributed by atoms with E-state index in [-0.39, 0.29) is 23.0 Å². The summed E-state index contributed by atoms with van der Waals surface area (Å²) >= 11 is 0. The third kappa shape index (κ3) is 8.08. The van der Waals surface area contributed by atoms with Crippen molar-refractivity contribution >= 4 is 17.4 Å². The molecule has 5 rings (SSSR count). The molecule has 266 valence electrons. The van der Waals surface area contributed by atoms with E-state index in [2.05, 4.69) is 25.0 Å². The van der Waals surface area contributed by atoms with E-state index in [1.54, 1.807) is 30.4 Å². The van der Waals surface area contributed by atoms with Gasteiger partial charge >= 0.3 is 5.97 Å². The van der Waals surface area contributed by atoms with Gasteiger partial charge in [-0.05, 0) is 77.6 Å². The lowest BCUT2D eigenvalue weighted by Crippen LogP contribution is -2.45. The number of aliphatic carboxylic acids is 1. The number of rotatable bonds is 13. The fourth-order valence-electron chi connectivity index (χ4n) is 6.47. The van der Waals surface area contributed by atoms with Gasteiger partial charge < -0.3 is 24.2 Å². The predicted molar refractivity (Wildman–Crippen MR) is 193 cm³/mol. The van der Waals surface area contributed by atoms with Crippen molar-refractivity contribution in [1.29, 1.82) is 0 Å². The van der Waals surface area contributed by atoms with Crippen molar-refractivity contribution in [2.75, 3.05) is 24.6 Å². The fraction of sp³-hybridized carbons (Fsp3) is 0.400. The van der Waals surface area contributed by atoms with Crippen LogP contribution in [0.25, 0.3) is 28.0 Å². The lowest BCUT2D eigenvalue weighted by Gasteiger charge is -2.41. The van der Waals surface area contributed by atoms with Crippen LogP contribution < -0.4 is 9.64 Å². The van der Waals surface area contributed by atoms with Gasteiger partial charge in [0.1, 0.15) is 28.8 Å². The normalized spacial score (nSPS) is 15.9. The van der Waals surface area contributed by atoms with Gasteiger partial charge in [0.15, 0.2) is 6.10 Å². The van der Waals surface area contributed by atoms with Gasteiger partial charge in [-0.1, -0.05) is 30.4 Å². The number of anilines is 1. The Morgan fingerprint density at radius 3 is 2.44 bits per heavy atom. The SMILES string of the molecule is C=CCOC1(C)CCN(c2c(C(OC(C)(C)C)C(=O)O)c(C)cc3nc(-c4cccc(-c5c(F)cc(F)cc5O[C@@H](C)CC=C)c4)cn23)CC1. The highest BCUT2D eigenvalue weighted by atomic mass is 19.1. The first-order valence-corrected chi connectivity index (χ1v) is 16.9. The zero-order valence-electron chi connectivity index (χ0n) is 29.8. The molecule has 1 unspecified atom stereocenters. The zero-order valence-corrected chi connectivity index (χ0v) is 29.8. The van der Waals surface area contributed by atoms with Crippen molar-refractivity contribution < 1.29 is 32.9 Å². The van der Waals surface area contributed by atoms with Crippen LogP contribution in [0.4, 0.5) is 14.6 Å². The molecule has 2 aromatic heterocycles. The molecule has 3 heterocycles. The molecule has 4 aromatic rings. The number of nitrogens with zero attached hydrogens (tertiary/aromatic N) is 3. The largest absolute Gasteiger partial charge is 0.490 e. The fourth-order valence-corrected chi connectivity index (χ4v) is 6.47. The van der Waals surface area contributed by atoms with Gasteiger partial charge in [0.05, 0.1) is 35.2 Å². The summed E-state index contributed by atoms with van der Waals surface area (Å²) in [5, 5.41) is 10.5. The molecule has 0 spiro atoms. The predicted octanol–water partition coefficient (Wildman–Crippen LogP) is 9.10. The second kappa shape index (κ2) is 14.7. The molecule has 50 heavy (non-hydrogen) atoms. The number of aromatic nitrogens is 2. The minimum absolute atomic E-state index is 0.0966. The number of halogens is 2. The molecular weight excluding hydrogens is 640 g/mol. The molecule has 1 N–H and O–H groups in total. The van der Waals surface area contributed by atoms with Crippen LogP contribution >= 0.6 is 0 Å². The number of benzene rings is 2. The van der Waals surface area contributed by atoms with E-state index in [4.69, 9.17) is 19.2 Å². The highest BCUT2D eigenvalue weighted by Gasteiger charge is 2.37. The Balaban J connectivity index is 1.64. The van der Waals surface area contributed by atoms with Gasteiger partial charge in [0.2, 0.25) is 0 Å². The monoisotopic (exact) mass is 687 g/mol. The number of aryl methyl sites for hydroxylation is 1. The summed E-state index contributed by atoms with van der Waals surface area (Å²) in [6.45, 7) is 20.5. The summed E-state index contributed by atoms with van der Waals surface area (Å²) in [4.78, 5) is 20.0. The van der Waals surface area contributed by atoms with Crippen molar-refractivity contribution in [3.05, 3.63) is 96.7 Å². The van der Waals surface area contributed by atoms with E-state index < -0.39 is 29.3 Å². The molecule has 0 bridgehead atoms. The molecule has 0 amide bonds. The van der Waals surface area contributed by atoms with E-state index in [0.717, 1.165) is 24.5 Å². The van der Waals surface area contributed by atoms with Crippen LogP contribution in [0.2, 0.25) is 0 Å². The van der Waals surface area contributed by atoms with Crippen molar-refractivity contribution in [2.24, 2.45) is 0 Å². The molecule has 0 aliphatic carbocycles. The van der Waals surface area contributed by atoms with Crippen LogP contribution in [0.15, 0.2) is 74.0 Å². The zero-order chi connectivity index (χ0) is 36.4.